The molecular formula is C61H94O12. The molecule has 12 nitrogen and oxygen atoms in total. The number of carboxylic acid groups (broad SMARTS) is 1. The van der Waals surface area contributed by atoms with Gasteiger partial charge in [0.2, 0.25) is 0 Å². The number of rotatable bonds is 44. The molecule has 0 aromatic rings. The molecule has 6 unspecified atom stereocenters. The molecule has 0 radical (unpaired) electrons. The lowest BCUT2D eigenvalue weighted by molar-refractivity contribution is -0.301. The summed E-state index contributed by atoms with van der Waals surface area (Å²) in [5, 5.41) is 31.4. The fourth-order valence-electron chi connectivity index (χ4n) is 7.41. The number of ether oxygens (including phenoxy) is 5. The van der Waals surface area contributed by atoms with E-state index in [4.69, 9.17) is 23.7 Å². The van der Waals surface area contributed by atoms with Crippen molar-refractivity contribution >= 4 is 23.9 Å². The third-order valence-electron chi connectivity index (χ3n) is 11.5. The van der Waals surface area contributed by atoms with Gasteiger partial charge in [0, 0.05) is 19.3 Å². The molecule has 6 atom stereocenters. The van der Waals surface area contributed by atoms with Crippen molar-refractivity contribution < 1.29 is 58.2 Å². The van der Waals surface area contributed by atoms with E-state index in [0.29, 0.717) is 25.7 Å². The maximum atomic E-state index is 13.1. The predicted octanol–water partition coefficient (Wildman–Crippen LogP) is 13.7. The van der Waals surface area contributed by atoms with Crippen LogP contribution in [-0.4, -0.2) is 89.2 Å². The molecule has 0 saturated carbocycles. The zero-order valence-electron chi connectivity index (χ0n) is 44.8. The maximum Gasteiger partial charge on any atom is 0.335 e. The maximum absolute atomic E-state index is 13.1. The number of carbonyl (C=O) groups excluding carboxylic acids is 3. The van der Waals surface area contributed by atoms with E-state index in [2.05, 4.69) is 124 Å². The van der Waals surface area contributed by atoms with Gasteiger partial charge in [-0.1, -0.05) is 181 Å². The van der Waals surface area contributed by atoms with Gasteiger partial charge in [-0.3, -0.25) is 14.4 Å². The lowest BCUT2D eigenvalue weighted by Gasteiger charge is -2.40. The van der Waals surface area contributed by atoms with Crippen LogP contribution in [0.3, 0.4) is 0 Å². The monoisotopic (exact) mass is 1020 g/mol. The van der Waals surface area contributed by atoms with Gasteiger partial charge in [0.1, 0.15) is 18.8 Å². The first kappa shape index (κ1) is 66.1. The summed E-state index contributed by atoms with van der Waals surface area (Å²) in [4.78, 5) is 51.0. The van der Waals surface area contributed by atoms with Crippen LogP contribution in [0.2, 0.25) is 0 Å². The minimum Gasteiger partial charge on any atom is -0.479 e. The molecule has 1 fully saturated rings. The van der Waals surface area contributed by atoms with E-state index in [1.54, 1.807) is 0 Å². The number of aliphatic hydroxyl groups excluding tert-OH is 2. The summed E-state index contributed by atoms with van der Waals surface area (Å²) >= 11 is 0. The minimum absolute atomic E-state index is 0.0710. The summed E-state index contributed by atoms with van der Waals surface area (Å²) in [7, 11) is 0. The Morgan fingerprint density at radius 2 is 0.849 bits per heavy atom. The van der Waals surface area contributed by atoms with E-state index in [0.717, 1.165) is 122 Å². The van der Waals surface area contributed by atoms with E-state index >= 15 is 0 Å². The molecule has 0 amide bonds. The zero-order valence-corrected chi connectivity index (χ0v) is 44.8. The lowest BCUT2D eigenvalue weighted by Crippen LogP contribution is -2.61. The minimum atomic E-state index is -1.94. The second-order valence-electron chi connectivity index (χ2n) is 18.1. The van der Waals surface area contributed by atoms with Gasteiger partial charge in [-0.2, -0.15) is 0 Å². The zero-order chi connectivity index (χ0) is 53.3. The molecule has 0 bridgehead atoms. The molecule has 0 aromatic carbocycles. The third kappa shape index (κ3) is 38.4. The quantitative estimate of drug-likeness (QED) is 0.0228. The Morgan fingerprint density at radius 3 is 1.30 bits per heavy atom. The van der Waals surface area contributed by atoms with Crippen molar-refractivity contribution in [2.75, 3.05) is 13.2 Å². The van der Waals surface area contributed by atoms with Crippen molar-refractivity contribution in [3.8, 4) is 0 Å². The highest BCUT2D eigenvalue weighted by molar-refractivity contribution is 5.74. The van der Waals surface area contributed by atoms with Crippen LogP contribution in [-0.2, 0) is 42.9 Å². The summed E-state index contributed by atoms with van der Waals surface area (Å²) in [5.41, 5.74) is 0. The lowest BCUT2D eigenvalue weighted by atomic mass is 9.98. The van der Waals surface area contributed by atoms with E-state index in [1.807, 2.05) is 18.2 Å². The molecule has 1 heterocycles. The predicted molar refractivity (Wildman–Crippen MR) is 293 cm³/mol. The van der Waals surface area contributed by atoms with Crippen molar-refractivity contribution in [1.29, 1.82) is 0 Å². The van der Waals surface area contributed by atoms with Crippen LogP contribution in [0.5, 0.6) is 0 Å². The first-order valence-electron chi connectivity index (χ1n) is 27.5. The number of aliphatic hydroxyl groups is 2. The topological polar surface area (TPSA) is 175 Å². The van der Waals surface area contributed by atoms with Crippen molar-refractivity contribution in [3.63, 3.8) is 0 Å². The molecular weight excluding hydrogens is 925 g/mol. The summed E-state index contributed by atoms with van der Waals surface area (Å²) in [6.45, 7) is 5.56. The Labute approximate surface area is 439 Å². The van der Waals surface area contributed by atoms with Crippen LogP contribution < -0.4 is 0 Å². The van der Waals surface area contributed by atoms with Gasteiger partial charge < -0.3 is 39.0 Å². The van der Waals surface area contributed by atoms with Gasteiger partial charge in [-0.15, -0.1) is 0 Å². The average Bonchev–Trinajstić information content (AvgIpc) is 3.37. The fourth-order valence-corrected chi connectivity index (χ4v) is 7.41. The first-order valence-corrected chi connectivity index (χ1v) is 27.5. The molecule has 12 heteroatoms. The molecule has 1 aliphatic heterocycles. The number of aliphatic carboxylic acids is 1. The van der Waals surface area contributed by atoms with Gasteiger partial charge in [0.25, 0.3) is 0 Å². The van der Waals surface area contributed by atoms with Gasteiger partial charge >= 0.3 is 23.9 Å². The SMILES string of the molecule is CC/C=C\C/C=C\C/C=C\C/C=C\CCC(=O)OC1C(OCC(COC(=O)CCCCCCC/C=C\C/C=C\C/C=C\CC)OC(=O)CCCCCCC/C=C\C/C=C\C/C=C\CC)OC(C(=O)O)C(O)C1O. The molecule has 1 rings (SSSR count). The number of hydrogen-bond donors (Lipinski definition) is 3. The number of hydrogen-bond acceptors (Lipinski definition) is 11. The Kier molecular flexibility index (Phi) is 43.6. The first-order chi connectivity index (χ1) is 35.6. The summed E-state index contributed by atoms with van der Waals surface area (Å²) in [6.07, 6.45) is 53.4. The number of unbranched alkanes of at least 4 members (excludes halogenated alkanes) is 10. The Hall–Kier alpha value is -4.88. The smallest absolute Gasteiger partial charge is 0.335 e. The molecule has 73 heavy (non-hydrogen) atoms. The van der Waals surface area contributed by atoms with Gasteiger partial charge in [-0.05, 0) is 109 Å². The van der Waals surface area contributed by atoms with Crippen LogP contribution in [0.25, 0.3) is 0 Å². The van der Waals surface area contributed by atoms with E-state index in [-0.39, 0.29) is 25.9 Å². The standard InChI is InChI=1S/C61H94O12/c1-4-7-10-13-16-19-22-25-27-30-32-35-38-41-44-47-53(62)69-50-52(71-54(63)48-45-42-39-36-34-31-28-26-23-20-17-14-11-8-5-2)51-70-61-59(57(66)56(65)58(73-61)60(67)68)72-55(64)49-46-43-40-37-33-29-24-21-18-15-12-9-6-3/h7-12,16-21,25-29,33,40,43,52,56-59,61,65-66H,4-6,13-15,22-24,30-32,34-39,41-42,44-51H2,1-3H3,(H,67,68)/b10-7-,11-8-,12-9-,19-16-,20-17-,21-18-,27-25-,28-26-,33-29-,43-40-. The summed E-state index contributed by atoms with van der Waals surface area (Å²) in [6, 6.07) is 0. The normalized spacial score (nSPS) is 19.3. The number of carbonyl (C=O) groups is 4. The number of allylic oxidation sites excluding steroid dienone is 20. The molecule has 0 aromatic heterocycles. The van der Waals surface area contributed by atoms with Crippen LogP contribution in [0.15, 0.2) is 122 Å². The van der Waals surface area contributed by atoms with Crippen LogP contribution >= 0.6 is 0 Å². The van der Waals surface area contributed by atoms with Gasteiger partial charge in [0.15, 0.2) is 24.6 Å². The van der Waals surface area contributed by atoms with E-state index < -0.39 is 67.3 Å². The van der Waals surface area contributed by atoms with Gasteiger partial charge in [-0.25, -0.2) is 4.79 Å². The average molecular weight is 1020 g/mol. The number of esters is 3. The van der Waals surface area contributed by atoms with Crippen LogP contribution in [0.1, 0.15) is 188 Å². The Morgan fingerprint density at radius 1 is 0.452 bits per heavy atom. The Balaban J connectivity index is 2.79. The van der Waals surface area contributed by atoms with Crippen LogP contribution in [0, 0.1) is 0 Å². The molecule has 410 valence electrons. The van der Waals surface area contributed by atoms with Crippen LogP contribution in [0.4, 0.5) is 0 Å². The number of carboxylic acids is 1. The van der Waals surface area contributed by atoms with Crippen molar-refractivity contribution in [2.45, 2.75) is 225 Å². The third-order valence-corrected chi connectivity index (χ3v) is 11.5. The highest BCUT2D eigenvalue weighted by Crippen LogP contribution is 2.26. The molecule has 3 N–H and O–H groups in total. The van der Waals surface area contributed by atoms with E-state index in [9.17, 15) is 34.5 Å². The fraction of sp³-hybridized carbons (Fsp3) is 0.607. The van der Waals surface area contributed by atoms with Crippen molar-refractivity contribution in [1.82, 2.24) is 0 Å². The highest BCUT2D eigenvalue weighted by Gasteiger charge is 2.50. The largest absolute Gasteiger partial charge is 0.479 e. The second-order valence-corrected chi connectivity index (χ2v) is 18.1. The van der Waals surface area contributed by atoms with Gasteiger partial charge in [0.05, 0.1) is 6.61 Å². The highest BCUT2D eigenvalue weighted by atomic mass is 16.7. The summed E-state index contributed by atoms with van der Waals surface area (Å²) < 4.78 is 28.2. The van der Waals surface area contributed by atoms with Crippen molar-refractivity contribution in [3.05, 3.63) is 122 Å². The molecule has 1 saturated heterocycles. The van der Waals surface area contributed by atoms with Crippen molar-refractivity contribution in [2.24, 2.45) is 0 Å². The Bertz CT molecular complexity index is 1730. The molecule has 0 spiro atoms. The summed E-state index contributed by atoms with van der Waals surface area (Å²) in [5.74, 6) is -3.29. The second kappa shape index (κ2) is 48.1. The molecule has 0 aliphatic carbocycles. The molecule has 1 aliphatic rings. The van der Waals surface area contributed by atoms with E-state index in [1.165, 1.54) is 0 Å².